The van der Waals surface area contributed by atoms with Crippen molar-refractivity contribution in [2.75, 3.05) is 18.9 Å². The van der Waals surface area contributed by atoms with Crippen molar-refractivity contribution in [3.8, 4) is 0 Å². The number of aryl methyl sites for hydroxylation is 1. The predicted octanol–water partition coefficient (Wildman–Crippen LogP) is 3.98. The molecule has 1 aliphatic carbocycles. The van der Waals surface area contributed by atoms with Crippen molar-refractivity contribution < 1.29 is 4.79 Å². The standard InChI is InChI=1S/C18H28N2O/c1-15-10-12-16(13-11-15)19-18(21)14-20(2)17-8-6-4-3-5-7-9-17/h10-13,17H,3-9,14H2,1-2H3,(H,19,21). The summed E-state index contributed by atoms with van der Waals surface area (Å²) in [7, 11) is 2.08. The molecule has 0 aromatic heterocycles. The number of nitrogens with zero attached hydrogens (tertiary/aromatic N) is 1. The van der Waals surface area contributed by atoms with Gasteiger partial charge in [-0.3, -0.25) is 9.69 Å². The van der Waals surface area contributed by atoms with Gasteiger partial charge < -0.3 is 5.32 Å². The summed E-state index contributed by atoms with van der Waals surface area (Å²) in [6.45, 7) is 2.53. The molecule has 116 valence electrons. The molecule has 0 radical (unpaired) electrons. The quantitative estimate of drug-likeness (QED) is 0.909. The molecule has 1 aromatic rings. The third-order valence-corrected chi connectivity index (χ3v) is 4.43. The normalized spacial score (nSPS) is 17.3. The molecule has 2 rings (SSSR count). The number of benzene rings is 1. The Morgan fingerprint density at radius 1 is 1.10 bits per heavy atom. The summed E-state index contributed by atoms with van der Waals surface area (Å²) in [5.41, 5.74) is 2.09. The van der Waals surface area contributed by atoms with E-state index in [0.29, 0.717) is 12.6 Å². The number of hydrogen-bond acceptors (Lipinski definition) is 2. The predicted molar refractivity (Wildman–Crippen MR) is 88.5 cm³/mol. The Bertz CT molecular complexity index is 433. The molecule has 1 N–H and O–H groups in total. The van der Waals surface area contributed by atoms with Gasteiger partial charge in [0.1, 0.15) is 0 Å². The van der Waals surface area contributed by atoms with Gasteiger partial charge in [-0.15, -0.1) is 0 Å². The van der Waals surface area contributed by atoms with Crippen LogP contribution in [0.5, 0.6) is 0 Å². The Morgan fingerprint density at radius 2 is 1.67 bits per heavy atom. The second-order valence-electron chi connectivity index (χ2n) is 6.33. The number of rotatable bonds is 4. The minimum Gasteiger partial charge on any atom is -0.325 e. The van der Waals surface area contributed by atoms with Gasteiger partial charge in [0, 0.05) is 11.7 Å². The van der Waals surface area contributed by atoms with Crippen molar-refractivity contribution >= 4 is 11.6 Å². The Labute approximate surface area is 128 Å². The van der Waals surface area contributed by atoms with Crippen LogP contribution in [0.25, 0.3) is 0 Å². The van der Waals surface area contributed by atoms with Crippen LogP contribution in [0.2, 0.25) is 0 Å². The zero-order chi connectivity index (χ0) is 15.1. The van der Waals surface area contributed by atoms with E-state index in [-0.39, 0.29) is 5.91 Å². The van der Waals surface area contributed by atoms with Gasteiger partial charge in [0.05, 0.1) is 6.54 Å². The van der Waals surface area contributed by atoms with Crippen LogP contribution in [0.1, 0.15) is 50.5 Å². The molecule has 0 atom stereocenters. The Hall–Kier alpha value is -1.35. The molecule has 1 aromatic carbocycles. The Kier molecular flexibility index (Phi) is 6.24. The van der Waals surface area contributed by atoms with Gasteiger partial charge in [-0.1, -0.05) is 49.8 Å². The molecule has 0 unspecified atom stereocenters. The Morgan fingerprint density at radius 3 is 2.29 bits per heavy atom. The van der Waals surface area contributed by atoms with E-state index in [1.807, 2.05) is 31.2 Å². The number of carbonyl (C=O) groups excluding carboxylic acids is 1. The van der Waals surface area contributed by atoms with Gasteiger partial charge in [-0.25, -0.2) is 0 Å². The highest BCUT2D eigenvalue weighted by atomic mass is 16.2. The average molecular weight is 288 g/mol. The first-order valence-electron chi connectivity index (χ1n) is 8.22. The van der Waals surface area contributed by atoms with E-state index in [0.717, 1.165) is 5.69 Å². The smallest absolute Gasteiger partial charge is 0.238 e. The molecule has 0 bridgehead atoms. The van der Waals surface area contributed by atoms with Crippen LogP contribution in [0.3, 0.4) is 0 Å². The van der Waals surface area contributed by atoms with Crippen LogP contribution in [0.4, 0.5) is 5.69 Å². The molecular weight excluding hydrogens is 260 g/mol. The molecule has 1 amide bonds. The molecular formula is C18H28N2O. The van der Waals surface area contributed by atoms with E-state index >= 15 is 0 Å². The minimum absolute atomic E-state index is 0.0865. The van der Waals surface area contributed by atoms with Crippen LogP contribution >= 0.6 is 0 Å². The fourth-order valence-corrected chi connectivity index (χ4v) is 3.07. The van der Waals surface area contributed by atoms with E-state index in [4.69, 9.17) is 0 Å². The van der Waals surface area contributed by atoms with Crippen molar-refractivity contribution in [3.63, 3.8) is 0 Å². The van der Waals surface area contributed by atoms with E-state index in [1.165, 1.54) is 50.5 Å². The average Bonchev–Trinajstić information content (AvgIpc) is 2.40. The summed E-state index contributed by atoms with van der Waals surface area (Å²) in [4.78, 5) is 14.4. The van der Waals surface area contributed by atoms with Crippen molar-refractivity contribution in [3.05, 3.63) is 29.8 Å². The third kappa shape index (κ3) is 5.50. The van der Waals surface area contributed by atoms with Gasteiger partial charge in [-0.05, 0) is 38.9 Å². The Balaban J connectivity index is 1.81. The molecule has 0 heterocycles. The number of nitrogens with one attached hydrogen (secondary N) is 1. The monoisotopic (exact) mass is 288 g/mol. The molecule has 0 spiro atoms. The van der Waals surface area contributed by atoms with Crippen molar-refractivity contribution in [2.24, 2.45) is 0 Å². The topological polar surface area (TPSA) is 32.3 Å². The maximum Gasteiger partial charge on any atom is 0.238 e. The van der Waals surface area contributed by atoms with E-state index in [1.54, 1.807) is 0 Å². The van der Waals surface area contributed by atoms with Gasteiger partial charge in [0.15, 0.2) is 0 Å². The summed E-state index contributed by atoms with van der Waals surface area (Å²) < 4.78 is 0. The number of likely N-dealkylation sites (N-methyl/N-ethyl adjacent to an activating group) is 1. The summed E-state index contributed by atoms with van der Waals surface area (Å²) in [5.74, 6) is 0.0865. The molecule has 3 nitrogen and oxygen atoms in total. The first-order valence-corrected chi connectivity index (χ1v) is 8.22. The van der Waals surface area contributed by atoms with Crippen molar-refractivity contribution in [1.29, 1.82) is 0 Å². The molecule has 1 fully saturated rings. The lowest BCUT2D eigenvalue weighted by molar-refractivity contribution is -0.117. The van der Waals surface area contributed by atoms with Crippen LogP contribution < -0.4 is 5.32 Å². The van der Waals surface area contributed by atoms with E-state index in [9.17, 15) is 4.79 Å². The lowest BCUT2D eigenvalue weighted by Gasteiger charge is -2.29. The first kappa shape index (κ1) is 16.0. The zero-order valence-corrected chi connectivity index (χ0v) is 13.4. The highest BCUT2D eigenvalue weighted by molar-refractivity contribution is 5.92. The fourth-order valence-electron chi connectivity index (χ4n) is 3.07. The van der Waals surface area contributed by atoms with E-state index < -0.39 is 0 Å². The second-order valence-corrected chi connectivity index (χ2v) is 6.33. The lowest BCUT2D eigenvalue weighted by Crippen LogP contribution is -2.38. The largest absolute Gasteiger partial charge is 0.325 e. The number of carbonyl (C=O) groups is 1. The van der Waals surface area contributed by atoms with Gasteiger partial charge >= 0.3 is 0 Å². The highest BCUT2D eigenvalue weighted by Gasteiger charge is 2.18. The fraction of sp³-hybridized carbons (Fsp3) is 0.611. The summed E-state index contributed by atoms with van der Waals surface area (Å²) >= 11 is 0. The van der Waals surface area contributed by atoms with Crippen molar-refractivity contribution in [1.82, 2.24) is 4.90 Å². The minimum atomic E-state index is 0.0865. The SMILES string of the molecule is Cc1ccc(NC(=O)CN(C)C2CCCCCCC2)cc1. The molecule has 0 saturated heterocycles. The van der Waals surface area contributed by atoms with Gasteiger partial charge in [0.25, 0.3) is 0 Å². The van der Waals surface area contributed by atoms with Gasteiger partial charge in [-0.2, -0.15) is 0 Å². The van der Waals surface area contributed by atoms with Crippen LogP contribution in [0, 0.1) is 6.92 Å². The maximum atomic E-state index is 12.2. The van der Waals surface area contributed by atoms with Crippen LogP contribution in [0.15, 0.2) is 24.3 Å². The summed E-state index contributed by atoms with van der Waals surface area (Å²) in [5, 5.41) is 2.99. The van der Waals surface area contributed by atoms with Crippen LogP contribution in [-0.4, -0.2) is 30.4 Å². The van der Waals surface area contributed by atoms with Crippen LogP contribution in [-0.2, 0) is 4.79 Å². The molecule has 1 saturated carbocycles. The lowest BCUT2D eigenvalue weighted by atomic mass is 9.96. The third-order valence-electron chi connectivity index (χ3n) is 4.43. The molecule has 21 heavy (non-hydrogen) atoms. The summed E-state index contributed by atoms with van der Waals surface area (Å²) in [6.07, 6.45) is 9.13. The zero-order valence-electron chi connectivity index (χ0n) is 13.4. The van der Waals surface area contributed by atoms with Gasteiger partial charge in [0.2, 0.25) is 5.91 Å². The number of anilines is 1. The van der Waals surface area contributed by atoms with Crippen molar-refractivity contribution in [2.45, 2.75) is 57.9 Å². The second kappa shape index (κ2) is 8.18. The number of amides is 1. The molecule has 3 heteroatoms. The first-order chi connectivity index (χ1) is 10.1. The summed E-state index contributed by atoms with van der Waals surface area (Å²) in [6, 6.07) is 8.53. The maximum absolute atomic E-state index is 12.2. The highest BCUT2D eigenvalue weighted by Crippen LogP contribution is 2.20. The molecule has 1 aliphatic rings. The number of hydrogen-bond donors (Lipinski definition) is 1. The molecule has 0 aliphatic heterocycles. The van der Waals surface area contributed by atoms with E-state index in [2.05, 4.69) is 17.3 Å².